The lowest BCUT2D eigenvalue weighted by Gasteiger charge is -2.19. The van der Waals surface area contributed by atoms with Gasteiger partial charge in [0.2, 0.25) is 5.24 Å². The van der Waals surface area contributed by atoms with Crippen molar-refractivity contribution in [3.63, 3.8) is 0 Å². The summed E-state index contributed by atoms with van der Waals surface area (Å²) in [6.45, 7) is 5.67. The number of carbonyl (C=O) groups excluding carboxylic acids is 2. The highest BCUT2D eigenvalue weighted by atomic mass is 35.5. The number of ether oxygens (including phenoxy) is 1. The molecule has 15 heavy (non-hydrogen) atoms. The SMILES string of the molecule is CCC[C@H](NC(C)C(=O)Cl)C(=O)OCC. The lowest BCUT2D eigenvalue weighted by atomic mass is 10.1. The third-order valence-electron chi connectivity index (χ3n) is 1.94. The van der Waals surface area contributed by atoms with E-state index in [9.17, 15) is 9.59 Å². The van der Waals surface area contributed by atoms with Gasteiger partial charge in [0.05, 0.1) is 12.6 Å². The largest absolute Gasteiger partial charge is 0.465 e. The average molecular weight is 236 g/mol. The van der Waals surface area contributed by atoms with Crippen molar-refractivity contribution in [2.75, 3.05) is 6.61 Å². The van der Waals surface area contributed by atoms with E-state index >= 15 is 0 Å². The second kappa shape index (κ2) is 7.65. The fourth-order valence-electron chi connectivity index (χ4n) is 1.17. The van der Waals surface area contributed by atoms with Gasteiger partial charge >= 0.3 is 5.97 Å². The van der Waals surface area contributed by atoms with E-state index in [1.165, 1.54) is 0 Å². The maximum atomic E-state index is 11.5. The summed E-state index contributed by atoms with van der Waals surface area (Å²) in [4.78, 5) is 22.3. The molecule has 0 amide bonds. The zero-order valence-electron chi connectivity index (χ0n) is 9.38. The Kier molecular flexibility index (Phi) is 7.34. The maximum absolute atomic E-state index is 11.5. The third kappa shape index (κ3) is 5.74. The molecule has 0 aromatic heterocycles. The van der Waals surface area contributed by atoms with E-state index in [1.54, 1.807) is 13.8 Å². The van der Waals surface area contributed by atoms with Gasteiger partial charge in [-0.25, -0.2) is 0 Å². The maximum Gasteiger partial charge on any atom is 0.323 e. The Balaban J connectivity index is 4.25. The van der Waals surface area contributed by atoms with Gasteiger partial charge in [-0.3, -0.25) is 14.9 Å². The molecule has 0 saturated carbocycles. The first-order valence-corrected chi connectivity index (χ1v) is 5.52. The van der Waals surface area contributed by atoms with E-state index in [2.05, 4.69) is 5.32 Å². The van der Waals surface area contributed by atoms with Gasteiger partial charge in [0.25, 0.3) is 0 Å². The molecule has 0 aliphatic rings. The predicted octanol–water partition coefficient (Wildman–Crippen LogP) is 1.46. The number of hydrogen-bond donors (Lipinski definition) is 1. The molecule has 2 atom stereocenters. The molecular formula is C10H18ClNO3. The highest BCUT2D eigenvalue weighted by molar-refractivity contribution is 6.64. The van der Waals surface area contributed by atoms with E-state index in [4.69, 9.17) is 16.3 Å². The smallest absolute Gasteiger partial charge is 0.323 e. The summed E-state index contributed by atoms with van der Waals surface area (Å²) >= 11 is 5.30. The molecule has 0 bridgehead atoms. The molecule has 0 aliphatic heterocycles. The molecule has 4 nitrogen and oxygen atoms in total. The van der Waals surface area contributed by atoms with Crippen LogP contribution in [0.3, 0.4) is 0 Å². The molecule has 1 unspecified atom stereocenters. The fourth-order valence-corrected chi connectivity index (χ4v) is 1.23. The molecule has 5 heteroatoms. The molecule has 0 fully saturated rings. The van der Waals surface area contributed by atoms with E-state index in [1.807, 2.05) is 6.92 Å². The van der Waals surface area contributed by atoms with Crippen LogP contribution in [0.1, 0.15) is 33.6 Å². The van der Waals surface area contributed by atoms with Gasteiger partial charge in [0.15, 0.2) is 0 Å². The summed E-state index contributed by atoms with van der Waals surface area (Å²) in [7, 11) is 0. The van der Waals surface area contributed by atoms with Crippen molar-refractivity contribution in [3.8, 4) is 0 Å². The molecule has 0 saturated heterocycles. The van der Waals surface area contributed by atoms with E-state index in [0.29, 0.717) is 13.0 Å². The predicted molar refractivity (Wildman–Crippen MR) is 58.8 cm³/mol. The molecule has 0 aromatic rings. The molecule has 0 radical (unpaired) electrons. The second-order valence-corrected chi connectivity index (χ2v) is 3.66. The standard InChI is InChI=1S/C10H18ClNO3/c1-4-6-8(10(14)15-5-2)12-7(3)9(11)13/h7-8,12H,4-6H2,1-3H3/t7?,8-/m0/s1. The first-order chi connectivity index (χ1) is 7.02. The Morgan fingerprint density at radius 1 is 1.40 bits per heavy atom. The fraction of sp³-hybridized carbons (Fsp3) is 0.800. The quantitative estimate of drug-likeness (QED) is 0.536. The van der Waals surface area contributed by atoms with Crippen molar-refractivity contribution in [2.45, 2.75) is 45.7 Å². The molecule has 0 rings (SSSR count). The highest BCUT2D eigenvalue weighted by Gasteiger charge is 2.22. The Bertz CT molecular complexity index is 221. The minimum Gasteiger partial charge on any atom is -0.465 e. The number of hydrogen-bond acceptors (Lipinski definition) is 4. The molecule has 88 valence electrons. The lowest BCUT2D eigenvalue weighted by molar-refractivity contribution is -0.146. The summed E-state index contributed by atoms with van der Waals surface area (Å²) < 4.78 is 4.88. The van der Waals surface area contributed by atoms with Gasteiger partial charge in [0, 0.05) is 0 Å². The van der Waals surface area contributed by atoms with Gasteiger partial charge in [0.1, 0.15) is 6.04 Å². The van der Waals surface area contributed by atoms with Crippen LogP contribution in [0.25, 0.3) is 0 Å². The van der Waals surface area contributed by atoms with Crippen LogP contribution in [-0.4, -0.2) is 29.9 Å². The summed E-state index contributed by atoms with van der Waals surface area (Å²) in [5.41, 5.74) is 0. The number of halogens is 1. The zero-order chi connectivity index (χ0) is 11.8. The first-order valence-electron chi connectivity index (χ1n) is 5.14. The van der Waals surface area contributed by atoms with Crippen molar-refractivity contribution in [2.24, 2.45) is 0 Å². The number of rotatable bonds is 7. The Morgan fingerprint density at radius 2 is 2.00 bits per heavy atom. The minimum absolute atomic E-state index is 0.330. The summed E-state index contributed by atoms with van der Waals surface area (Å²) in [5.74, 6) is -0.330. The van der Waals surface area contributed by atoms with Crippen molar-refractivity contribution in [3.05, 3.63) is 0 Å². The van der Waals surface area contributed by atoms with Crippen LogP contribution in [0.2, 0.25) is 0 Å². The molecule has 0 aliphatic carbocycles. The Labute approximate surface area is 95.3 Å². The summed E-state index contributed by atoms with van der Waals surface area (Å²) in [6, 6.07) is -0.986. The van der Waals surface area contributed by atoms with Crippen LogP contribution in [0.15, 0.2) is 0 Å². The Morgan fingerprint density at radius 3 is 2.40 bits per heavy atom. The van der Waals surface area contributed by atoms with Crippen LogP contribution in [0.4, 0.5) is 0 Å². The van der Waals surface area contributed by atoms with Crippen LogP contribution in [0, 0.1) is 0 Å². The van der Waals surface area contributed by atoms with Gasteiger partial charge in [-0.15, -0.1) is 0 Å². The van der Waals surface area contributed by atoms with Crippen molar-refractivity contribution in [1.82, 2.24) is 5.32 Å². The number of nitrogens with one attached hydrogen (secondary N) is 1. The highest BCUT2D eigenvalue weighted by Crippen LogP contribution is 2.02. The molecular weight excluding hydrogens is 218 g/mol. The van der Waals surface area contributed by atoms with Gasteiger partial charge in [-0.05, 0) is 31.9 Å². The van der Waals surface area contributed by atoms with Gasteiger partial charge < -0.3 is 4.74 Å². The molecule has 0 heterocycles. The van der Waals surface area contributed by atoms with E-state index in [0.717, 1.165) is 6.42 Å². The normalized spacial score (nSPS) is 14.4. The van der Waals surface area contributed by atoms with Crippen LogP contribution < -0.4 is 5.32 Å². The first kappa shape index (κ1) is 14.4. The second-order valence-electron chi connectivity index (χ2n) is 3.29. The summed E-state index contributed by atoms with van der Waals surface area (Å²) in [5, 5.41) is 2.35. The molecule has 0 aromatic carbocycles. The zero-order valence-corrected chi connectivity index (χ0v) is 10.1. The van der Waals surface area contributed by atoms with E-state index < -0.39 is 17.3 Å². The van der Waals surface area contributed by atoms with Crippen LogP contribution >= 0.6 is 11.6 Å². The number of carbonyl (C=O) groups is 2. The van der Waals surface area contributed by atoms with Crippen LogP contribution in [0.5, 0.6) is 0 Å². The van der Waals surface area contributed by atoms with E-state index in [-0.39, 0.29) is 5.97 Å². The Hall–Kier alpha value is -0.610. The lowest BCUT2D eigenvalue weighted by Crippen LogP contribution is -2.45. The summed E-state index contributed by atoms with van der Waals surface area (Å²) in [6.07, 6.45) is 1.47. The average Bonchev–Trinajstić information content (AvgIpc) is 2.17. The van der Waals surface area contributed by atoms with Gasteiger partial charge in [-0.1, -0.05) is 13.3 Å². The van der Waals surface area contributed by atoms with Gasteiger partial charge in [-0.2, -0.15) is 0 Å². The van der Waals surface area contributed by atoms with Crippen molar-refractivity contribution >= 4 is 22.8 Å². The monoisotopic (exact) mass is 235 g/mol. The molecule has 1 N–H and O–H groups in total. The van der Waals surface area contributed by atoms with Crippen molar-refractivity contribution in [1.29, 1.82) is 0 Å². The third-order valence-corrected chi connectivity index (χ3v) is 2.27. The number of esters is 1. The van der Waals surface area contributed by atoms with Crippen molar-refractivity contribution < 1.29 is 14.3 Å². The topological polar surface area (TPSA) is 55.4 Å². The molecule has 0 spiro atoms. The van der Waals surface area contributed by atoms with Crippen LogP contribution in [-0.2, 0) is 14.3 Å². The minimum atomic E-state index is -0.535.